The zero-order valence-electron chi connectivity index (χ0n) is 23.3. The van der Waals surface area contributed by atoms with Crippen LogP contribution in [0.15, 0.2) is 71.6 Å². The molecule has 1 atom stereocenters. The number of amides is 2. The van der Waals surface area contributed by atoms with E-state index in [-0.39, 0.29) is 23.4 Å². The van der Waals surface area contributed by atoms with Crippen molar-refractivity contribution in [3.8, 4) is 0 Å². The fraction of sp³-hybridized carbons (Fsp3) is 0.333. The van der Waals surface area contributed by atoms with Crippen LogP contribution in [-0.4, -0.2) is 43.8 Å². The summed E-state index contributed by atoms with van der Waals surface area (Å²) in [6.45, 7) is 8.72. The van der Waals surface area contributed by atoms with Gasteiger partial charge >= 0.3 is 0 Å². The highest BCUT2D eigenvalue weighted by atomic mass is 35.5. The monoisotopic (exact) mass is 603 g/mol. The summed E-state index contributed by atoms with van der Waals surface area (Å²) in [5.41, 5.74) is 2.75. The molecule has 2 amide bonds. The molecule has 0 aromatic heterocycles. The first-order chi connectivity index (χ1) is 18.8. The zero-order valence-corrected chi connectivity index (χ0v) is 25.6. The maximum absolute atomic E-state index is 14.1. The standard InChI is InChI=1S/C30H35Cl2N3O4S/c1-6-28(30(37)33-20(2)3)34(18-23-12-15-26(31)27(32)17-23)29(36)19-35(24-9-7-8-22(5)16-24)40(38,39)25-13-10-21(4)11-14-25/h7-17,20,28H,6,18-19H2,1-5H3,(H,33,37)/t28-/m0/s1. The quantitative estimate of drug-likeness (QED) is 0.285. The van der Waals surface area contributed by atoms with E-state index in [1.165, 1.54) is 17.0 Å². The fourth-order valence-electron chi connectivity index (χ4n) is 4.28. The number of carbonyl (C=O) groups excluding carboxylic acids is 2. The molecule has 0 aliphatic heterocycles. The predicted octanol–water partition coefficient (Wildman–Crippen LogP) is 6.14. The average molecular weight is 605 g/mol. The van der Waals surface area contributed by atoms with E-state index in [9.17, 15) is 18.0 Å². The number of carbonyl (C=O) groups is 2. The molecular formula is C30H35Cl2N3O4S. The Kier molecular flexibility index (Phi) is 10.6. The molecule has 0 unspecified atom stereocenters. The van der Waals surface area contributed by atoms with Crippen molar-refractivity contribution in [3.63, 3.8) is 0 Å². The largest absolute Gasteiger partial charge is 0.352 e. The van der Waals surface area contributed by atoms with Crippen LogP contribution in [0.5, 0.6) is 0 Å². The zero-order chi connectivity index (χ0) is 29.6. The Morgan fingerprint density at radius 3 is 2.15 bits per heavy atom. The van der Waals surface area contributed by atoms with Gasteiger partial charge in [0.15, 0.2) is 0 Å². The highest BCUT2D eigenvalue weighted by Crippen LogP contribution is 2.27. The molecule has 0 aliphatic carbocycles. The number of rotatable bonds is 11. The molecule has 3 aromatic rings. The van der Waals surface area contributed by atoms with Crippen molar-refractivity contribution in [2.75, 3.05) is 10.8 Å². The van der Waals surface area contributed by atoms with Crippen molar-refractivity contribution in [2.24, 2.45) is 0 Å². The van der Waals surface area contributed by atoms with Gasteiger partial charge in [-0.05, 0) is 81.6 Å². The Balaban J connectivity index is 2.08. The van der Waals surface area contributed by atoms with Gasteiger partial charge in [-0.25, -0.2) is 8.42 Å². The lowest BCUT2D eigenvalue weighted by atomic mass is 10.1. The van der Waals surface area contributed by atoms with Crippen molar-refractivity contribution < 1.29 is 18.0 Å². The summed E-state index contributed by atoms with van der Waals surface area (Å²) in [7, 11) is -4.13. The van der Waals surface area contributed by atoms with Crippen molar-refractivity contribution in [1.29, 1.82) is 0 Å². The molecule has 3 rings (SSSR count). The SMILES string of the molecule is CC[C@@H](C(=O)NC(C)C)N(Cc1ccc(Cl)c(Cl)c1)C(=O)CN(c1cccc(C)c1)S(=O)(=O)c1ccc(C)cc1. The molecule has 0 radical (unpaired) electrons. The van der Waals surface area contributed by atoms with Crippen molar-refractivity contribution in [1.82, 2.24) is 10.2 Å². The first kappa shape index (κ1) is 31.5. The number of nitrogens with one attached hydrogen (secondary N) is 1. The van der Waals surface area contributed by atoms with Gasteiger partial charge in [-0.15, -0.1) is 0 Å². The van der Waals surface area contributed by atoms with Crippen LogP contribution in [0.4, 0.5) is 5.69 Å². The summed E-state index contributed by atoms with van der Waals surface area (Å²) in [5, 5.41) is 3.56. The summed E-state index contributed by atoms with van der Waals surface area (Å²) in [5.74, 6) is -0.858. The molecule has 3 aromatic carbocycles. The highest BCUT2D eigenvalue weighted by molar-refractivity contribution is 7.92. The predicted molar refractivity (Wildman–Crippen MR) is 161 cm³/mol. The summed E-state index contributed by atoms with van der Waals surface area (Å²) >= 11 is 12.3. The van der Waals surface area contributed by atoms with Crippen LogP contribution < -0.4 is 9.62 Å². The molecule has 10 heteroatoms. The number of sulfonamides is 1. The van der Waals surface area contributed by atoms with Gasteiger partial charge in [0.2, 0.25) is 11.8 Å². The van der Waals surface area contributed by atoms with E-state index in [1.54, 1.807) is 55.5 Å². The van der Waals surface area contributed by atoms with Crippen molar-refractivity contribution in [2.45, 2.75) is 64.6 Å². The van der Waals surface area contributed by atoms with E-state index in [0.717, 1.165) is 15.4 Å². The van der Waals surface area contributed by atoms with E-state index in [1.807, 2.05) is 33.8 Å². The second kappa shape index (κ2) is 13.5. The minimum absolute atomic E-state index is 0.0337. The lowest BCUT2D eigenvalue weighted by Gasteiger charge is -2.33. The Morgan fingerprint density at radius 2 is 1.57 bits per heavy atom. The summed E-state index contributed by atoms with van der Waals surface area (Å²) in [6, 6.07) is 17.4. The average Bonchev–Trinajstić information content (AvgIpc) is 2.88. The molecule has 0 saturated heterocycles. The summed E-state index contributed by atoms with van der Waals surface area (Å²) in [6.07, 6.45) is 0.320. The first-order valence-corrected chi connectivity index (χ1v) is 15.2. The molecule has 214 valence electrons. The number of aryl methyl sites for hydroxylation is 2. The number of hydrogen-bond acceptors (Lipinski definition) is 4. The second-order valence-corrected chi connectivity index (χ2v) is 12.7. The Bertz CT molecular complexity index is 1460. The number of hydrogen-bond donors (Lipinski definition) is 1. The van der Waals surface area contributed by atoms with Gasteiger partial charge in [0.25, 0.3) is 10.0 Å². The molecule has 0 heterocycles. The molecule has 0 fully saturated rings. The summed E-state index contributed by atoms with van der Waals surface area (Å²) in [4.78, 5) is 28.8. The molecule has 1 N–H and O–H groups in total. The van der Waals surface area contributed by atoms with Gasteiger partial charge in [-0.3, -0.25) is 13.9 Å². The third kappa shape index (κ3) is 7.77. The smallest absolute Gasteiger partial charge is 0.264 e. The lowest BCUT2D eigenvalue weighted by Crippen LogP contribution is -2.53. The molecule has 0 aliphatic rings. The normalized spacial score (nSPS) is 12.2. The number of nitrogens with zero attached hydrogens (tertiary/aromatic N) is 2. The highest BCUT2D eigenvalue weighted by Gasteiger charge is 2.34. The molecule has 0 bridgehead atoms. The van der Waals surface area contributed by atoms with Gasteiger partial charge in [0.05, 0.1) is 20.6 Å². The van der Waals surface area contributed by atoms with E-state index < -0.39 is 28.5 Å². The van der Waals surface area contributed by atoms with Gasteiger partial charge in [-0.2, -0.15) is 0 Å². The van der Waals surface area contributed by atoms with Gasteiger partial charge < -0.3 is 10.2 Å². The summed E-state index contributed by atoms with van der Waals surface area (Å²) < 4.78 is 28.9. The second-order valence-electron chi connectivity index (χ2n) is 10.0. The van der Waals surface area contributed by atoms with Crippen LogP contribution in [-0.2, 0) is 26.2 Å². The van der Waals surface area contributed by atoms with Crippen molar-refractivity contribution in [3.05, 3.63) is 93.5 Å². The van der Waals surface area contributed by atoms with Crippen LogP contribution in [0.3, 0.4) is 0 Å². The maximum atomic E-state index is 14.1. The minimum atomic E-state index is -4.13. The number of halogens is 2. The molecular weight excluding hydrogens is 569 g/mol. The Labute approximate surface area is 247 Å². The van der Waals surface area contributed by atoms with Crippen LogP contribution in [0.2, 0.25) is 10.0 Å². The number of benzene rings is 3. The van der Waals surface area contributed by atoms with Gasteiger partial charge in [0.1, 0.15) is 12.6 Å². The van der Waals surface area contributed by atoms with Crippen LogP contribution >= 0.6 is 23.2 Å². The van der Waals surface area contributed by atoms with E-state index >= 15 is 0 Å². The van der Waals surface area contributed by atoms with Gasteiger partial charge in [-0.1, -0.05) is 66.0 Å². The van der Waals surface area contributed by atoms with Crippen molar-refractivity contribution >= 4 is 50.7 Å². The Hall–Kier alpha value is -3.07. The fourth-order valence-corrected chi connectivity index (χ4v) is 6.01. The van der Waals surface area contributed by atoms with E-state index in [4.69, 9.17) is 23.2 Å². The van der Waals surface area contributed by atoms with Gasteiger partial charge in [0, 0.05) is 12.6 Å². The maximum Gasteiger partial charge on any atom is 0.264 e. The van der Waals surface area contributed by atoms with Crippen LogP contribution in [0.1, 0.15) is 43.9 Å². The third-order valence-corrected chi connectivity index (χ3v) is 8.86. The lowest BCUT2D eigenvalue weighted by molar-refractivity contribution is -0.140. The molecule has 7 nitrogen and oxygen atoms in total. The molecule has 40 heavy (non-hydrogen) atoms. The minimum Gasteiger partial charge on any atom is -0.352 e. The first-order valence-electron chi connectivity index (χ1n) is 13.0. The molecule has 0 spiro atoms. The topological polar surface area (TPSA) is 86.8 Å². The number of anilines is 1. The Morgan fingerprint density at radius 1 is 0.900 bits per heavy atom. The van der Waals surface area contributed by atoms with E-state index in [0.29, 0.717) is 27.7 Å². The molecule has 0 saturated carbocycles. The third-order valence-electron chi connectivity index (χ3n) is 6.33. The van der Waals surface area contributed by atoms with Crippen LogP contribution in [0.25, 0.3) is 0 Å². The van der Waals surface area contributed by atoms with E-state index in [2.05, 4.69) is 5.32 Å². The van der Waals surface area contributed by atoms with Crippen LogP contribution in [0, 0.1) is 13.8 Å².